The molecule has 1 aliphatic carbocycles. The molecule has 1 N–H and O–H groups in total. The molecule has 0 bridgehead atoms. The van der Waals surface area contributed by atoms with Crippen LogP contribution in [0.5, 0.6) is 17.2 Å². The van der Waals surface area contributed by atoms with Gasteiger partial charge in [-0.3, -0.25) is 4.79 Å². The molecule has 28 heavy (non-hydrogen) atoms. The van der Waals surface area contributed by atoms with Crippen molar-refractivity contribution >= 4 is 11.5 Å². The number of Topliss-reactive ketones (excluding diaryl/α,β-unsaturated/α-hetero) is 1. The second-order valence-corrected chi connectivity index (χ2v) is 8.46. The zero-order valence-corrected chi connectivity index (χ0v) is 16.3. The van der Waals surface area contributed by atoms with Gasteiger partial charge in [0.2, 0.25) is 6.79 Å². The smallest absolute Gasteiger partial charge is 0.231 e. The Balaban J connectivity index is 1.70. The van der Waals surface area contributed by atoms with Crippen LogP contribution in [0.1, 0.15) is 43.7 Å². The minimum atomic E-state index is -0.129. The van der Waals surface area contributed by atoms with Crippen molar-refractivity contribution in [2.45, 2.75) is 32.6 Å². The van der Waals surface area contributed by atoms with E-state index in [0.717, 1.165) is 51.8 Å². The van der Waals surface area contributed by atoms with Crippen molar-refractivity contribution in [2.75, 3.05) is 19.2 Å². The molecule has 0 saturated heterocycles. The minimum Gasteiger partial charge on any atom is -0.497 e. The number of benzene rings is 2. The van der Waals surface area contributed by atoms with E-state index < -0.39 is 0 Å². The molecular formula is C23H23NO4. The zero-order valence-electron chi connectivity index (χ0n) is 16.3. The van der Waals surface area contributed by atoms with Crippen molar-refractivity contribution in [2.24, 2.45) is 5.41 Å². The van der Waals surface area contributed by atoms with Crippen LogP contribution in [0.4, 0.5) is 5.69 Å². The fourth-order valence-corrected chi connectivity index (χ4v) is 4.55. The van der Waals surface area contributed by atoms with Gasteiger partial charge in [-0.05, 0) is 41.2 Å². The highest BCUT2D eigenvalue weighted by Gasteiger charge is 2.41. The lowest BCUT2D eigenvalue weighted by Crippen LogP contribution is -2.33. The van der Waals surface area contributed by atoms with Crippen molar-refractivity contribution in [3.05, 3.63) is 58.8 Å². The number of carbonyl (C=O) groups is 1. The maximum atomic E-state index is 13.2. The molecular weight excluding hydrogens is 354 g/mol. The number of methoxy groups -OCH3 is 1. The molecule has 3 aliphatic rings. The van der Waals surface area contributed by atoms with Crippen molar-refractivity contribution < 1.29 is 19.0 Å². The van der Waals surface area contributed by atoms with Gasteiger partial charge in [0, 0.05) is 35.4 Å². The molecule has 5 rings (SSSR count). The number of ether oxygens (including phenoxy) is 3. The second kappa shape index (κ2) is 6.03. The van der Waals surface area contributed by atoms with E-state index in [1.54, 1.807) is 7.11 Å². The van der Waals surface area contributed by atoms with Crippen LogP contribution in [0.25, 0.3) is 0 Å². The lowest BCUT2D eigenvalue weighted by molar-refractivity contribution is -0.118. The molecule has 0 unspecified atom stereocenters. The monoisotopic (exact) mass is 377 g/mol. The largest absolute Gasteiger partial charge is 0.497 e. The molecule has 0 aromatic heterocycles. The van der Waals surface area contributed by atoms with Gasteiger partial charge in [-0.25, -0.2) is 0 Å². The van der Waals surface area contributed by atoms with Crippen LogP contribution in [0.15, 0.2) is 47.7 Å². The Morgan fingerprint density at radius 1 is 1.07 bits per heavy atom. The van der Waals surface area contributed by atoms with E-state index in [2.05, 4.69) is 19.2 Å². The lowest BCUT2D eigenvalue weighted by atomic mass is 9.68. The van der Waals surface area contributed by atoms with Crippen LogP contribution in [-0.4, -0.2) is 19.7 Å². The van der Waals surface area contributed by atoms with Gasteiger partial charge in [-0.15, -0.1) is 0 Å². The van der Waals surface area contributed by atoms with Crippen LogP contribution in [0.2, 0.25) is 0 Å². The van der Waals surface area contributed by atoms with Crippen LogP contribution < -0.4 is 19.5 Å². The summed E-state index contributed by atoms with van der Waals surface area (Å²) in [6, 6.07) is 12.0. The number of nitrogens with one attached hydrogen (secondary N) is 1. The number of ketones is 1. The SMILES string of the molecule is COc1ccc([C@H]2C3=C(CC(C)(C)CC3=O)Nc3cc4c(cc32)OCO4)cc1. The summed E-state index contributed by atoms with van der Waals surface area (Å²) in [4.78, 5) is 13.2. The summed E-state index contributed by atoms with van der Waals surface area (Å²) >= 11 is 0. The Labute approximate surface area is 164 Å². The maximum absolute atomic E-state index is 13.2. The number of carbonyl (C=O) groups excluding carboxylic acids is 1. The summed E-state index contributed by atoms with van der Waals surface area (Å²) in [6.07, 6.45) is 1.40. The van der Waals surface area contributed by atoms with Crippen LogP contribution in [0.3, 0.4) is 0 Å². The van der Waals surface area contributed by atoms with Crippen molar-refractivity contribution in [1.82, 2.24) is 0 Å². The first-order valence-corrected chi connectivity index (χ1v) is 9.56. The highest BCUT2D eigenvalue weighted by Crippen LogP contribution is 2.51. The highest BCUT2D eigenvalue weighted by molar-refractivity contribution is 6.01. The average molecular weight is 377 g/mol. The van der Waals surface area contributed by atoms with E-state index in [0.29, 0.717) is 6.42 Å². The molecule has 5 nitrogen and oxygen atoms in total. The van der Waals surface area contributed by atoms with Gasteiger partial charge in [0.05, 0.1) is 7.11 Å². The topological polar surface area (TPSA) is 56.8 Å². The number of fused-ring (bicyclic) bond motifs is 2. The van der Waals surface area contributed by atoms with Gasteiger partial charge in [-0.2, -0.15) is 0 Å². The summed E-state index contributed by atoms with van der Waals surface area (Å²) in [7, 11) is 1.66. The Morgan fingerprint density at radius 3 is 2.50 bits per heavy atom. The highest BCUT2D eigenvalue weighted by atomic mass is 16.7. The van der Waals surface area contributed by atoms with E-state index in [1.165, 1.54) is 0 Å². The summed E-state index contributed by atoms with van der Waals surface area (Å²) in [5, 5.41) is 3.54. The maximum Gasteiger partial charge on any atom is 0.231 e. The summed E-state index contributed by atoms with van der Waals surface area (Å²) < 4.78 is 16.5. The van der Waals surface area contributed by atoms with Gasteiger partial charge in [0.1, 0.15) is 5.75 Å². The Bertz CT molecular complexity index is 1000. The molecule has 1 atom stereocenters. The third-order valence-electron chi connectivity index (χ3n) is 5.80. The average Bonchev–Trinajstić information content (AvgIpc) is 3.11. The molecule has 144 valence electrons. The van der Waals surface area contributed by atoms with Crippen LogP contribution in [-0.2, 0) is 4.79 Å². The van der Waals surface area contributed by atoms with Crippen LogP contribution in [0, 0.1) is 5.41 Å². The lowest BCUT2D eigenvalue weighted by Gasteiger charge is -2.39. The summed E-state index contributed by atoms with van der Waals surface area (Å²) in [5.41, 5.74) is 4.93. The number of hydrogen-bond acceptors (Lipinski definition) is 5. The third-order valence-corrected chi connectivity index (χ3v) is 5.80. The van der Waals surface area contributed by atoms with Gasteiger partial charge in [-0.1, -0.05) is 26.0 Å². The molecule has 0 fully saturated rings. The van der Waals surface area contributed by atoms with Crippen molar-refractivity contribution in [1.29, 1.82) is 0 Å². The van der Waals surface area contributed by atoms with Gasteiger partial charge >= 0.3 is 0 Å². The Hall–Kier alpha value is -2.95. The molecule has 0 amide bonds. The second-order valence-electron chi connectivity index (χ2n) is 8.46. The first kappa shape index (κ1) is 17.2. The standard InChI is InChI=1S/C23H23NO4/c1-23(2)10-17-22(18(25)11-23)21(13-4-6-14(26-3)7-5-13)15-8-19-20(28-12-27-19)9-16(15)24-17/h4-9,21,24H,10-12H2,1-3H3/t21-/m1/s1. The molecule has 0 spiro atoms. The normalized spacial score (nSPS) is 21.7. The summed E-state index contributed by atoms with van der Waals surface area (Å²) in [6.45, 7) is 4.52. The Kier molecular flexibility index (Phi) is 3.69. The van der Waals surface area contributed by atoms with Gasteiger partial charge in [0.25, 0.3) is 0 Å². The molecule has 2 aromatic carbocycles. The quantitative estimate of drug-likeness (QED) is 0.827. The number of allylic oxidation sites excluding steroid dienone is 2. The van der Waals surface area contributed by atoms with E-state index in [4.69, 9.17) is 14.2 Å². The predicted octanol–water partition coefficient (Wildman–Crippen LogP) is 4.62. The molecule has 2 heterocycles. The van der Waals surface area contributed by atoms with E-state index in [9.17, 15) is 4.79 Å². The van der Waals surface area contributed by atoms with Crippen molar-refractivity contribution in [3.8, 4) is 17.2 Å². The molecule has 5 heteroatoms. The van der Waals surface area contributed by atoms with Gasteiger partial charge < -0.3 is 19.5 Å². The molecule has 0 radical (unpaired) electrons. The predicted molar refractivity (Wildman–Crippen MR) is 106 cm³/mol. The van der Waals surface area contributed by atoms with E-state index in [-0.39, 0.29) is 23.9 Å². The minimum absolute atomic E-state index is 0.0543. The van der Waals surface area contributed by atoms with Crippen LogP contribution >= 0.6 is 0 Å². The van der Waals surface area contributed by atoms with Gasteiger partial charge in [0.15, 0.2) is 17.3 Å². The van der Waals surface area contributed by atoms with E-state index in [1.807, 2.05) is 36.4 Å². The number of anilines is 1. The zero-order chi connectivity index (χ0) is 19.5. The molecule has 0 saturated carbocycles. The summed E-state index contributed by atoms with van der Waals surface area (Å²) in [5.74, 6) is 2.35. The fourth-order valence-electron chi connectivity index (χ4n) is 4.55. The third kappa shape index (κ3) is 2.65. The number of rotatable bonds is 2. The first-order chi connectivity index (χ1) is 13.4. The van der Waals surface area contributed by atoms with Crippen molar-refractivity contribution in [3.63, 3.8) is 0 Å². The number of hydrogen-bond donors (Lipinski definition) is 1. The molecule has 2 aromatic rings. The van der Waals surface area contributed by atoms with E-state index >= 15 is 0 Å². The first-order valence-electron chi connectivity index (χ1n) is 9.56. The Morgan fingerprint density at radius 2 is 1.79 bits per heavy atom. The molecule has 2 aliphatic heterocycles. The fraction of sp³-hybridized carbons (Fsp3) is 0.348.